The second-order valence-corrected chi connectivity index (χ2v) is 21.6. The van der Waals surface area contributed by atoms with Crippen LogP contribution in [-0.4, -0.2) is 37.2 Å². The normalized spacial score (nSPS) is 12.7. The fourth-order valence-corrected chi connectivity index (χ4v) is 9.14. The number of hydrogen-bond acceptors (Lipinski definition) is 6. The van der Waals surface area contributed by atoms with Gasteiger partial charge in [-0.3, -0.25) is 14.4 Å². The molecule has 77 heavy (non-hydrogen) atoms. The summed E-state index contributed by atoms with van der Waals surface area (Å²) in [5.41, 5.74) is 0. The Morgan fingerprint density at radius 2 is 0.506 bits per heavy atom. The van der Waals surface area contributed by atoms with E-state index in [-0.39, 0.29) is 31.1 Å². The summed E-state index contributed by atoms with van der Waals surface area (Å²) >= 11 is 0. The van der Waals surface area contributed by atoms with E-state index in [0.29, 0.717) is 19.3 Å². The molecule has 0 amide bonds. The van der Waals surface area contributed by atoms with E-state index in [4.69, 9.17) is 14.2 Å². The maximum absolute atomic E-state index is 12.9. The van der Waals surface area contributed by atoms with Gasteiger partial charge in [0.2, 0.25) is 0 Å². The van der Waals surface area contributed by atoms with Gasteiger partial charge >= 0.3 is 17.9 Å². The van der Waals surface area contributed by atoms with Crippen LogP contribution in [0.5, 0.6) is 0 Å². The summed E-state index contributed by atoms with van der Waals surface area (Å²) in [4.78, 5) is 38.4. The largest absolute Gasteiger partial charge is 0.462 e. The fraction of sp³-hybridized carbons (Fsp3) is 0.732. The summed E-state index contributed by atoms with van der Waals surface area (Å²) in [6, 6.07) is 0. The SMILES string of the molecule is CC/C=C\C/C=C\C/C=C\C/C=C\C/C=C\CCCCCCCC(=O)OCC(COC(=O)CCCCCCCCC/C=C\CCCCCCCC)OC(=O)CCCCCCCCCCC/C=C\C/C=C\CCCCCCC. The Morgan fingerprint density at radius 3 is 0.805 bits per heavy atom. The zero-order valence-corrected chi connectivity index (χ0v) is 50.7. The molecule has 1 unspecified atom stereocenters. The van der Waals surface area contributed by atoms with Crippen molar-refractivity contribution in [2.45, 2.75) is 322 Å². The summed E-state index contributed by atoms with van der Waals surface area (Å²) in [6.45, 7) is 6.52. The molecule has 442 valence electrons. The maximum Gasteiger partial charge on any atom is 0.306 e. The fourth-order valence-electron chi connectivity index (χ4n) is 9.14. The Bertz CT molecular complexity index is 1510. The minimum absolute atomic E-state index is 0.0872. The highest BCUT2D eigenvalue weighted by atomic mass is 16.6. The molecule has 0 aliphatic carbocycles. The molecule has 0 spiro atoms. The third-order valence-electron chi connectivity index (χ3n) is 14.0. The van der Waals surface area contributed by atoms with Crippen molar-refractivity contribution in [3.8, 4) is 0 Å². The zero-order valence-electron chi connectivity index (χ0n) is 50.7. The Kier molecular flexibility index (Phi) is 61.8. The smallest absolute Gasteiger partial charge is 0.306 e. The van der Waals surface area contributed by atoms with Crippen LogP contribution >= 0.6 is 0 Å². The van der Waals surface area contributed by atoms with E-state index in [0.717, 1.165) is 116 Å². The summed E-state index contributed by atoms with van der Waals surface area (Å²) < 4.78 is 16.9. The lowest BCUT2D eigenvalue weighted by Crippen LogP contribution is -2.30. The monoisotopic (exact) mass is 1070 g/mol. The van der Waals surface area contributed by atoms with E-state index in [1.807, 2.05) is 0 Å². The van der Waals surface area contributed by atoms with Gasteiger partial charge in [-0.05, 0) is 122 Å². The van der Waals surface area contributed by atoms with Gasteiger partial charge in [-0.1, -0.05) is 272 Å². The molecule has 0 saturated heterocycles. The number of ether oxygens (including phenoxy) is 3. The number of unbranched alkanes of at least 4 members (excludes halogenated alkanes) is 32. The molecule has 0 saturated carbocycles. The van der Waals surface area contributed by atoms with Gasteiger partial charge in [0, 0.05) is 19.3 Å². The van der Waals surface area contributed by atoms with Gasteiger partial charge in [-0.2, -0.15) is 0 Å². The van der Waals surface area contributed by atoms with Crippen LogP contribution in [0.3, 0.4) is 0 Å². The molecule has 0 bridgehead atoms. The molecule has 0 N–H and O–H groups in total. The topological polar surface area (TPSA) is 78.9 Å². The first-order valence-electron chi connectivity index (χ1n) is 32.7. The van der Waals surface area contributed by atoms with Crippen LogP contribution in [0, 0.1) is 0 Å². The number of rotatable bonds is 59. The van der Waals surface area contributed by atoms with Crippen LogP contribution in [0.4, 0.5) is 0 Å². The zero-order chi connectivity index (χ0) is 55.7. The summed E-state index contributed by atoms with van der Waals surface area (Å²) in [5.74, 6) is -0.904. The molecule has 6 heteroatoms. The summed E-state index contributed by atoms with van der Waals surface area (Å²) in [6.07, 6.45) is 86.9. The predicted octanol–water partition coefficient (Wildman–Crippen LogP) is 22.4. The van der Waals surface area contributed by atoms with Crippen molar-refractivity contribution in [1.29, 1.82) is 0 Å². The van der Waals surface area contributed by atoms with E-state index in [1.54, 1.807) is 0 Å². The molecule has 0 rings (SSSR count). The second-order valence-electron chi connectivity index (χ2n) is 21.6. The molecular formula is C71H122O6. The Balaban J connectivity index is 4.43. The minimum atomic E-state index is -0.793. The van der Waals surface area contributed by atoms with E-state index in [1.165, 1.54) is 161 Å². The molecule has 0 fully saturated rings. The van der Waals surface area contributed by atoms with Crippen molar-refractivity contribution >= 4 is 17.9 Å². The number of carbonyl (C=O) groups excluding carboxylic acids is 3. The summed E-state index contributed by atoms with van der Waals surface area (Å²) in [5, 5.41) is 0. The van der Waals surface area contributed by atoms with Crippen LogP contribution in [0.2, 0.25) is 0 Å². The molecule has 0 aromatic heterocycles. The molecule has 0 heterocycles. The Labute approximate surface area is 477 Å². The van der Waals surface area contributed by atoms with Crippen LogP contribution in [0.25, 0.3) is 0 Å². The van der Waals surface area contributed by atoms with Crippen LogP contribution in [0.1, 0.15) is 316 Å². The average molecular weight is 1070 g/mol. The second kappa shape index (κ2) is 64.9. The van der Waals surface area contributed by atoms with Crippen molar-refractivity contribution < 1.29 is 28.6 Å². The molecule has 0 aliphatic rings. The van der Waals surface area contributed by atoms with Gasteiger partial charge in [0.1, 0.15) is 13.2 Å². The summed E-state index contributed by atoms with van der Waals surface area (Å²) in [7, 11) is 0. The maximum atomic E-state index is 12.9. The van der Waals surface area contributed by atoms with E-state index < -0.39 is 6.10 Å². The molecular weight excluding hydrogens is 949 g/mol. The van der Waals surface area contributed by atoms with Crippen LogP contribution < -0.4 is 0 Å². The molecule has 1 atom stereocenters. The minimum Gasteiger partial charge on any atom is -0.462 e. The van der Waals surface area contributed by atoms with E-state index in [2.05, 4.69) is 118 Å². The molecule has 0 aromatic rings. The van der Waals surface area contributed by atoms with Gasteiger partial charge in [-0.15, -0.1) is 0 Å². The highest BCUT2D eigenvalue weighted by Crippen LogP contribution is 2.16. The highest BCUT2D eigenvalue weighted by molar-refractivity contribution is 5.71. The van der Waals surface area contributed by atoms with Crippen molar-refractivity contribution in [1.82, 2.24) is 0 Å². The average Bonchev–Trinajstić information content (AvgIpc) is 3.43. The Hall–Kier alpha value is -3.67. The molecule has 0 aliphatic heterocycles. The van der Waals surface area contributed by atoms with Gasteiger partial charge in [-0.25, -0.2) is 0 Å². The van der Waals surface area contributed by atoms with Gasteiger partial charge in [0.15, 0.2) is 6.10 Å². The van der Waals surface area contributed by atoms with Gasteiger partial charge in [0.05, 0.1) is 0 Å². The van der Waals surface area contributed by atoms with Crippen LogP contribution in [-0.2, 0) is 28.6 Å². The quantitative estimate of drug-likeness (QED) is 0.0261. The van der Waals surface area contributed by atoms with Crippen LogP contribution in [0.15, 0.2) is 97.2 Å². The van der Waals surface area contributed by atoms with Crippen molar-refractivity contribution in [2.75, 3.05) is 13.2 Å². The Morgan fingerprint density at radius 1 is 0.273 bits per heavy atom. The molecule has 0 radical (unpaired) electrons. The van der Waals surface area contributed by atoms with Gasteiger partial charge < -0.3 is 14.2 Å². The lowest BCUT2D eigenvalue weighted by atomic mass is 10.1. The first kappa shape index (κ1) is 73.3. The molecule has 0 aromatic carbocycles. The highest BCUT2D eigenvalue weighted by Gasteiger charge is 2.19. The first-order chi connectivity index (χ1) is 38.0. The third-order valence-corrected chi connectivity index (χ3v) is 14.0. The third kappa shape index (κ3) is 63.0. The number of esters is 3. The number of hydrogen-bond donors (Lipinski definition) is 0. The predicted molar refractivity (Wildman–Crippen MR) is 334 cm³/mol. The molecule has 6 nitrogen and oxygen atoms in total. The first-order valence-corrected chi connectivity index (χ1v) is 32.7. The van der Waals surface area contributed by atoms with E-state index in [9.17, 15) is 14.4 Å². The number of carbonyl (C=O) groups is 3. The van der Waals surface area contributed by atoms with Crippen molar-refractivity contribution in [2.24, 2.45) is 0 Å². The number of allylic oxidation sites excluding steroid dienone is 16. The van der Waals surface area contributed by atoms with Crippen molar-refractivity contribution in [3.05, 3.63) is 97.2 Å². The lowest BCUT2D eigenvalue weighted by molar-refractivity contribution is -0.167. The van der Waals surface area contributed by atoms with Crippen molar-refractivity contribution in [3.63, 3.8) is 0 Å². The standard InChI is InChI=1S/C71H122O6/c1-4-7-10-13-16-19-22-25-28-31-33-35-37-40-43-46-49-52-55-58-61-64-70(73)76-67-68(66-75-69(72)63-60-57-54-51-48-45-42-39-30-27-24-21-18-15-12-9-6-3)77-71(74)65-62-59-56-53-50-47-44-41-38-36-34-32-29-26-23-20-17-14-11-8-5-2/h7,10,16,19,23,25-28,30,32-35,40,43,68H,4-6,8-9,11-15,17-18,20-22,24,29,31,36-39,41-42,44-67H2,1-3H3/b10-7-,19-16-,26-23-,28-25-,30-27-,34-32-,35-33-,43-40-. The van der Waals surface area contributed by atoms with E-state index >= 15 is 0 Å². The lowest BCUT2D eigenvalue weighted by Gasteiger charge is -2.18. The van der Waals surface area contributed by atoms with Gasteiger partial charge in [0.25, 0.3) is 0 Å².